The molecule has 0 aliphatic rings. The Bertz CT molecular complexity index is 3110. The van der Waals surface area contributed by atoms with Crippen molar-refractivity contribution >= 4 is 67.1 Å². The van der Waals surface area contributed by atoms with Gasteiger partial charge in [-0.25, -0.2) is 0 Å². The van der Waals surface area contributed by atoms with Crippen LogP contribution >= 0.6 is 0 Å². The monoisotopic (exact) mass is 858 g/mol. The summed E-state index contributed by atoms with van der Waals surface area (Å²) in [6.45, 7) is 0. The van der Waals surface area contributed by atoms with Crippen LogP contribution in [0.3, 0.4) is 0 Å². The van der Waals surface area contributed by atoms with Crippen molar-refractivity contribution in [2.24, 2.45) is 0 Å². The second kappa shape index (κ2) is 17.4. The van der Waals surface area contributed by atoms with Crippen molar-refractivity contribution in [3.05, 3.63) is 217 Å². The fourth-order valence-electron chi connectivity index (χ4n) is 8.72. The Labute approximate surface area is 381 Å². The van der Waals surface area contributed by atoms with E-state index in [2.05, 4.69) is 0 Å². The molecule has 66 heavy (non-hydrogen) atoms. The number of aromatic nitrogens is 3. The molecule has 0 N–H and O–H groups in total. The number of amides is 3. The van der Waals surface area contributed by atoms with Crippen LogP contribution in [0.1, 0.15) is 31.1 Å². The van der Waals surface area contributed by atoms with Crippen LogP contribution in [0.4, 0.5) is 17.1 Å². The van der Waals surface area contributed by atoms with E-state index >= 15 is 0 Å². The first kappa shape index (κ1) is 41.2. The highest BCUT2D eigenvalue weighted by Gasteiger charge is 2.26. The van der Waals surface area contributed by atoms with Gasteiger partial charge in [0.25, 0.3) is 17.7 Å². The van der Waals surface area contributed by atoms with E-state index in [9.17, 15) is 14.4 Å². The fraction of sp³-hybridized carbons (Fsp3) is 0.0526. The lowest BCUT2D eigenvalue weighted by molar-refractivity contribution is 0.0992. The minimum absolute atomic E-state index is 0.148. The first-order chi connectivity index (χ1) is 32.3. The number of carbonyl (C=O) groups is 3. The van der Waals surface area contributed by atoms with Gasteiger partial charge in [0.1, 0.15) is 0 Å². The van der Waals surface area contributed by atoms with Crippen LogP contribution in [0.15, 0.2) is 201 Å². The van der Waals surface area contributed by atoms with Gasteiger partial charge in [-0.3, -0.25) is 29.3 Å². The first-order valence-corrected chi connectivity index (χ1v) is 21.6. The molecule has 9 nitrogen and oxygen atoms in total. The molecule has 3 amide bonds. The van der Waals surface area contributed by atoms with Crippen LogP contribution in [-0.4, -0.2) is 53.8 Å². The number of hydrogen-bond acceptors (Lipinski definition) is 6. The highest BCUT2D eigenvalue weighted by atomic mass is 16.2. The molecule has 0 saturated heterocycles. The molecule has 0 aliphatic heterocycles. The Hall–Kier alpha value is -8.82. The molecule has 9 heteroatoms. The quantitative estimate of drug-likeness (QED) is 0.143. The second-order valence-corrected chi connectivity index (χ2v) is 16.1. The number of anilines is 3. The van der Waals surface area contributed by atoms with Crippen molar-refractivity contribution in [2.45, 2.75) is 0 Å². The van der Waals surface area contributed by atoms with Crippen LogP contribution in [0.5, 0.6) is 0 Å². The molecule has 7 aromatic carbocycles. The molecule has 318 valence electrons. The van der Waals surface area contributed by atoms with E-state index in [1.165, 1.54) is 14.7 Å². The van der Waals surface area contributed by atoms with Crippen molar-refractivity contribution in [1.82, 2.24) is 15.0 Å². The third-order valence-corrected chi connectivity index (χ3v) is 12.1. The largest absolute Gasteiger partial charge is 0.309 e. The Balaban J connectivity index is 1.07. The van der Waals surface area contributed by atoms with Crippen molar-refractivity contribution in [2.75, 3.05) is 35.8 Å². The number of rotatable bonds is 9. The predicted octanol–water partition coefficient (Wildman–Crippen LogP) is 12.2. The molecule has 0 atom stereocenters. The molecule has 3 heterocycles. The van der Waals surface area contributed by atoms with Crippen LogP contribution < -0.4 is 14.7 Å². The predicted molar refractivity (Wildman–Crippen MR) is 266 cm³/mol. The molecule has 0 spiro atoms. The summed E-state index contributed by atoms with van der Waals surface area (Å²) < 4.78 is 0. The fourth-order valence-corrected chi connectivity index (χ4v) is 8.72. The summed E-state index contributed by atoms with van der Waals surface area (Å²) in [4.78, 5) is 63.8. The molecule has 0 fully saturated rings. The van der Waals surface area contributed by atoms with Crippen molar-refractivity contribution in [3.8, 4) is 33.8 Å². The van der Waals surface area contributed by atoms with Gasteiger partial charge in [0, 0.05) is 86.8 Å². The lowest BCUT2D eigenvalue weighted by atomic mass is 10.00. The molecular weight excluding hydrogens is 817 g/mol. The van der Waals surface area contributed by atoms with Crippen LogP contribution in [0.2, 0.25) is 0 Å². The molecule has 0 aliphatic carbocycles. The summed E-state index contributed by atoms with van der Waals surface area (Å²) in [5.74, 6) is -1.29. The maximum atomic E-state index is 14.9. The zero-order chi connectivity index (χ0) is 45.3. The number of hydrogen-bond donors (Lipinski definition) is 0. The minimum atomic E-state index is -0.429. The van der Waals surface area contributed by atoms with Gasteiger partial charge in [-0.15, -0.1) is 0 Å². The summed E-state index contributed by atoms with van der Waals surface area (Å²) in [7, 11) is 5.04. The van der Waals surface area contributed by atoms with Gasteiger partial charge < -0.3 is 14.7 Å². The standard InChI is InChI=1S/C57H42N6O3/c1-61(49-34-58-52(37-19-7-4-8-20-37)46-28-16-13-25-43(46)49)55(64)40-31-41(56(65)62(2)50-35-59-53(38-21-9-5-10-22-38)47-29-17-14-26-44(47)50)33-42(32-40)57(66)63(3)51-36-60-54(39-23-11-6-12-24-39)48-30-18-15-27-45(48)51/h4-36H,1-3H3. The van der Waals surface area contributed by atoms with E-state index < -0.39 is 17.7 Å². The second-order valence-electron chi connectivity index (χ2n) is 16.1. The van der Waals surface area contributed by atoms with E-state index in [4.69, 9.17) is 15.0 Å². The maximum absolute atomic E-state index is 14.9. The molecule has 3 aromatic heterocycles. The summed E-state index contributed by atoms with van der Waals surface area (Å²) in [5.41, 5.74) is 7.38. The van der Waals surface area contributed by atoms with Crippen molar-refractivity contribution in [1.29, 1.82) is 0 Å². The van der Waals surface area contributed by atoms with Gasteiger partial charge in [-0.1, -0.05) is 164 Å². The molecule has 0 radical (unpaired) electrons. The third-order valence-electron chi connectivity index (χ3n) is 12.1. The van der Waals surface area contributed by atoms with Crippen LogP contribution in [-0.2, 0) is 0 Å². The zero-order valence-electron chi connectivity index (χ0n) is 36.5. The minimum Gasteiger partial charge on any atom is -0.309 e. The Morgan fingerprint density at radius 1 is 0.318 bits per heavy atom. The van der Waals surface area contributed by atoms with E-state index in [0.29, 0.717) is 17.1 Å². The molecular formula is C57H42N6O3. The number of carbonyl (C=O) groups excluding carboxylic acids is 3. The Morgan fingerprint density at radius 3 is 0.803 bits per heavy atom. The maximum Gasteiger partial charge on any atom is 0.258 e. The van der Waals surface area contributed by atoms with Gasteiger partial charge in [0.2, 0.25) is 0 Å². The summed E-state index contributed by atoms with van der Waals surface area (Å²) in [5, 5.41) is 5.09. The smallest absolute Gasteiger partial charge is 0.258 e. The molecule has 0 saturated carbocycles. The topological polar surface area (TPSA) is 99.6 Å². The van der Waals surface area contributed by atoms with Crippen molar-refractivity contribution in [3.63, 3.8) is 0 Å². The normalized spacial score (nSPS) is 11.1. The molecule has 10 aromatic rings. The third kappa shape index (κ3) is 7.48. The average Bonchev–Trinajstić information content (AvgIpc) is 3.39. The van der Waals surface area contributed by atoms with Gasteiger partial charge in [-0.2, -0.15) is 0 Å². The summed E-state index contributed by atoms with van der Waals surface area (Å²) >= 11 is 0. The van der Waals surface area contributed by atoms with E-state index in [-0.39, 0.29) is 16.7 Å². The first-order valence-electron chi connectivity index (χ1n) is 21.6. The SMILES string of the molecule is CN(C(=O)c1cc(C(=O)N(C)c2cnc(-c3ccccc3)c3ccccc23)cc(C(=O)N(C)c2cnc(-c3ccccc3)c3ccccc23)c1)c1cnc(-c2ccccc2)c2ccccc12. The summed E-state index contributed by atoms with van der Waals surface area (Å²) in [6.07, 6.45) is 5.08. The Morgan fingerprint density at radius 2 is 0.545 bits per heavy atom. The molecule has 10 rings (SSSR count). The van der Waals surface area contributed by atoms with Crippen LogP contribution in [0, 0.1) is 0 Å². The number of pyridine rings is 3. The lowest BCUT2D eigenvalue weighted by Gasteiger charge is -2.24. The van der Waals surface area contributed by atoms with E-state index in [1.807, 2.05) is 164 Å². The number of fused-ring (bicyclic) bond motifs is 3. The Kier molecular flexibility index (Phi) is 10.9. The number of benzene rings is 7. The lowest BCUT2D eigenvalue weighted by Crippen LogP contribution is -2.31. The highest BCUT2D eigenvalue weighted by Crippen LogP contribution is 2.37. The molecule has 0 unspecified atom stereocenters. The van der Waals surface area contributed by atoms with E-state index in [1.54, 1.807) is 57.9 Å². The number of nitrogens with zero attached hydrogens (tertiary/aromatic N) is 6. The van der Waals surface area contributed by atoms with E-state index in [0.717, 1.165) is 66.1 Å². The average molecular weight is 859 g/mol. The van der Waals surface area contributed by atoms with Gasteiger partial charge in [0.15, 0.2) is 0 Å². The summed E-state index contributed by atoms with van der Waals surface area (Å²) in [6, 6.07) is 57.9. The van der Waals surface area contributed by atoms with Gasteiger partial charge >= 0.3 is 0 Å². The highest BCUT2D eigenvalue weighted by molar-refractivity contribution is 6.18. The van der Waals surface area contributed by atoms with Gasteiger partial charge in [-0.05, 0) is 18.2 Å². The molecule has 0 bridgehead atoms. The van der Waals surface area contributed by atoms with Crippen molar-refractivity contribution < 1.29 is 14.4 Å². The zero-order valence-corrected chi connectivity index (χ0v) is 36.5. The van der Waals surface area contributed by atoms with Crippen LogP contribution in [0.25, 0.3) is 66.1 Å². The van der Waals surface area contributed by atoms with Gasteiger partial charge in [0.05, 0.1) is 52.7 Å².